The third-order valence-electron chi connectivity index (χ3n) is 1.38. The van der Waals surface area contributed by atoms with Crippen molar-refractivity contribution < 1.29 is 12.3 Å². The van der Waals surface area contributed by atoms with Crippen LogP contribution in [0, 0.1) is 6.07 Å². The minimum atomic E-state index is -4.69. The van der Waals surface area contributed by atoms with E-state index in [4.69, 9.17) is 5.73 Å². The van der Waals surface area contributed by atoms with Crippen molar-refractivity contribution in [3.8, 4) is 0 Å². The molecule has 0 spiro atoms. The van der Waals surface area contributed by atoms with E-state index in [1.165, 1.54) is 24.3 Å². The third kappa shape index (κ3) is 2.02. The molecule has 0 saturated carbocycles. The quantitative estimate of drug-likeness (QED) is 0.696. The van der Waals surface area contributed by atoms with E-state index in [9.17, 15) is 12.3 Å². The minimum absolute atomic E-state index is 0.219. The zero-order valence-electron chi connectivity index (χ0n) is 6.07. The summed E-state index contributed by atoms with van der Waals surface area (Å²) in [5.74, 6) is 0. The van der Waals surface area contributed by atoms with Gasteiger partial charge in [-0.25, -0.2) is 0 Å². The van der Waals surface area contributed by atoms with E-state index in [1.807, 2.05) is 0 Å². The molecule has 1 rings (SSSR count). The second-order valence-corrected chi connectivity index (χ2v) is 3.69. The van der Waals surface area contributed by atoms with Crippen molar-refractivity contribution in [2.45, 2.75) is 5.37 Å². The van der Waals surface area contributed by atoms with Gasteiger partial charge in [0.05, 0.1) is 0 Å². The van der Waals surface area contributed by atoms with Crippen LogP contribution in [0.3, 0.4) is 0 Å². The van der Waals surface area contributed by atoms with E-state index >= 15 is 0 Å². The van der Waals surface area contributed by atoms with Crippen molar-refractivity contribution in [3.63, 3.8) is 0 Å². The van der Waals surface area contributed by atoms with Crippen LogP contribution in [-0.2, 0) is 10.2 Å². The van der Waals surface area contributed by atoms with Gasteiger partial charge in [-0.05, 0) is 11.6 Å². The smallest absolute Gasteiger partial charge is 0.309 e. The van der Waals surface area contributed by atoms with Gasteiger partial charge in [0.25, 0.3) is 0 Å². The van der Waals surface area contributed by atoms with Crippen LogP contribution in [0.2, 0.25) is 0 Å². The first-order chi connectivity index (χ1) is 5.52. The lowest BCUT2D eigenvalue weighted by atomic mass is 10.2. The Bertz CT molecular complexity index is 349. The fourth-order valence-electron chi connectivity index (χ4n) is 0.752. The molecule has 65 valence electrons. The van der Waals surface area contributed by atoms with Crippen LogP contribution in [0.5, 0.6) is 0 Å². The second-order valence-electron chi connectivity index (χ2n) is 2.23. The van der Waals surface area contributed by atoms with Crippen LogP contribution in [0.25, 0.3) is 0 Å². The Morgan fingerprint density at radius 3 is 2.33 bits per heavy atom. The molecule has 0 aliphatic heterocycles. The van der Waals surface area contributed by atoms with E-state index in [-0.39, 0.29) is 5.56 Å². The fourth-order valence-corrected chi connectivity index (χ4v) is 1.23. The minimum Gasteiger partial charge on any atom is -0.309 e. The SMILES string of the molecule is NC(c1cc[c]cc1)S(=O)(=O)F. The van der Waals surface area contributed by atoms with Gasteiger partial charge in [0.15, 0.2) is 5.37 Å². The Morgan fingerprint density at radius 2 is 1.92 bits per heavy atom. The van der Waals surface area contributed by atoms with Crippen LogP contribution >= 0.6 is 0 Å². The van der Waals surface area contributed by atoms with Gasteiger partial charge >= 0.3 is 10.2 Å². The molecule has 0 saturated heterocycles. The van der Waals surface area contributed by atoms with Crippen molar-refractivity contribution in [1.82, 2.24) is 0 Å². The molecule has 3 nitrogen and oxygen atoms in total. The highest BCUT2D eigenvalue weighted by atomic mass is 32.3. The van der Waals surface area contributed by atoms with Crippen molar-refractivity contribution in [1.29, 1.82) is 0 Å². The molecular formula is C7H7FNO2S. The molecule has 0 aliphatic rings. The van der Waals surface area contributed by atoms with Crippen LogP contribution in [-0.4, -0.2) is 8.42 Å². The van der Waals surface area contributed by atoms with Crippen LogP contribution in [0.4, 0.5) is 3.89 Å². The fraction of sp³-hybridized carbons (Fsp3) is 0.143. The summed E-state index contributed by atoms with van der Waals surface area (Å²) in [6, 6.07) is 8.42. The van der Waals surface area contributed by atoms with Crippen molar-refractivity contribution >= 4 is 10.2 Å². The van der Waals surface area contributed by atoms with Crippen molar-refractivity contribution in [2.24, 2.45) is 5.73 Å². The molecular weight excluding hydrogens is 181 g/mol. The van der Waals surface area contributed by atoms with Gasteiger partial charge in [-0.15, -0.1) is 3.89 Å². The highest BCUT2D eigenvalue weighted by Gasteiger charge is 2.21. The Labute approximate surface area is 70.2 Å². The topological polar surface area (TPSA) is 60.2 Å². The number of hydrogen-bond acceptors (Lipinski definition) is 3. The highest BCUT2D eigenvalue weighted by molar-refractivity contribution is 7.86. The summed E-state index contributed by atoms with van der Waals surface area (Å²) >= 11 is 0. The Hall–Kier alpha value is -0.940. The number of rotatable bonds is 2. The summed E-state index contributed by atoms with van der Waals surface area (Å²) in [5.41, 5.74) is 5.31. The zero-order valence-corrected chi connectivity index (χ0v) is 6.88. The van der Waals surface area contributed by atoms with Crippen LogP contribution in [0.1, 0.15) is 10.9 Å². The first kappa shape index (κ1) is 9.15. The molecule has 0 heterocycles. The molecule has 0 bridgehead atoms. The van der Waals surface area contributed by atoms with E-state index in [2.05, 4.69) is 6.07 Å². The van der Waals surface area contributed by atoms with E-state index < -0.39 is 15.6 Å². The summed E-state index contributed by atoms with van der Waals surface area (Å²) in [7, 11) is -4.69. The molecule has 0 aliphatic carbocycles. The first-order valence-electron chi connectivity index (χ1n) is 3.17. The number of benzene rings is 1. The molecule has 1 atom stereocenters. The monoisotopic (exact) mass is 188 g/mol. The van der Waals surface area contributed by atoms with Gasteiger partial charge in [-0.3, -0.25) is 0 Å². The van der Waals surface area contributed by atoms with Crippen LogP contribution < -0.4 is 5.73 Å². The lowest BCUT2D eigenvalue weighted by molar-refractivity contribution is 0.538. The number of nitrogens with two attached hydrogens (primary N) is 1. The maximum Gasteiger partial charge on any atom is 0.322 e. The molecule has 2 N–H and O–H groups in total. The predicted octanol–water partition coefficient (Wildman–Crippen LogP) is 0.743. The average Bonchev–Trinajstić information content (AvgIpc) is 2.03. The van der Waals surface area contributed by atoms with E-state index in [0.717, 1.165) is 0 Å². The van der Waals surface area contributed by atoms with Gasteiger partial charge in [0.2, 0.25) is 0 Å². The van der Waals surface area contributed by atoms with Crippen LogP contribution in [0.15, 0.2) is 24.3 Å². The van der Waals surface area contributed by atoms with Crippen molar-refractivity contribution in [2.75, 3.05) is 0 Å². The number of hydrogen-bond donors (Lipinski definition) is 1. The Kier molecular flexibility index (Phi) is 2.44. The van der Waals surface area contributed by atoms with Gasteiger partial charge in [0, 0.05) is 0 Å². The molecule has 1 aromatic rings. The molecule has 5 heteroatoms. The summed E-state index contributed by atoms with van der Waals surface area (Å²) in [4.78, 5) is 0. The maximum absolute atomic E-state index is 12.3. The van der Waals surface area contributed by atoms with Crippen molar-refractivity contribution in [3.05, 3.63) is 35.9 Å². The molecule has 0 amide bonds. The predicted molar refractivity (Wildman–Crippen MR) is 42.2 cm³/mol. The normalized spacial score (nSPS) is 14.2. The lowest BCUT2D eigenvalue weighted by Crippen LogP contribution is -2.17. The lowest BCUT2D eigenvalue weighted by Gasteiger charge is -2.05. The van der Waals surface area contributed by atoms with Gasteiger partial charge in [0.1, 0.15) is 0 Å². The van der Waals surface area contributed by atoms with Gasteiger partial charge in [-0.2, -0.15) is 8.42 Å². The number of halogens is 1. The molecule has 0 aromatic heterocycles. The molecule has 0 fully saturated rings. The third-order valence-corrected chi connectivity index (χ3v) is 2.25. The second kappa shape index (κ2) is 3.20. The standard InChI is InChI=1S/C7H7FNO2S/c8-12(10,11)7(9)6-4-2-1-3-5-6/h2-5,7H,9H2. The average molecular weight is 188 g/mol. The van der Waals surface area contributed by atoms with Gasteiger partial charge < -0.3 is 5.73 Å². The summed E-state index contributed by atoms with van der Waals surface area (Å²) in [6.07, 6.45) is 0. The van der Waals surface area contributed by atoms with Gasteiger partial charge in [-0.1, -0.05) is 24.3 Å². The van der Waals surface area contributed by atoms with E-state index in [0.29, 0.717) is 0 Å². The maximum atomic E-state index is 12.3. The highest BCUT2D eigenvalue weighted by Crippen LogP contribution is 2.16. The summed E-state index contributed by atoms with van der Waals surface area (Å²) < 4.78 is 33.0. The first-order valence-corrected chi connectivity index (χ1v) is 4.61. The molecule has 1 unspecified atom stereocenters. The summed E-state index contributed by atoms with van der Waals surface area (Å²) in [5, 5.41) is -1.59. The van der Waals surface area contributed by atoms with E-state index in [1.54, 1.807) is 0 Å². The zero-order chi connectivity index (χ0) is 9.19. The Morgan fingerprint density at radius 1 is 1.42 bits per heavy atom. The molecule has 1 radical (unpaired) electrons. The molecule has 1 aromatic carbocycles. The summed E-state index contributed by atoms with van der Waals surface area (Å²) in [6.45, 7) is 0. The Balaban J connectivity index is 3.02. The molecule has 12 heavy (non-hydrogen) atoms. The largest absolute Gasteiger partial charge is 0.322 e.